The topological polar surface area (TPSA) is 92.1 Å². The van der Waals surface area contributed by atoms with Gasteiger partial charge in [-0.25, -0.2) is 0 Å². The van der Waals surface area contributed by atoms with Crippen LogP contribution in [0.3, 0.4) is 0 Å². The van der Waals surface area contributed by atoms with Crippen LogP contribution >= 0.6 is 0 Å². The van der Waals surface area contributed by atoms with Crippen LogP contribution in [0.15, 0.2) is 60.8 Å². The van der Waals surface area contributed by atoms with Crippen molar-refractivity contribution in [1.82, 2.24) is 15.1 Å². The molecule has 5 rings (SSSR count). The fourth-order valence-electron chi connectivity index (χ4n) is 4.55. The van der Waals surface area contributed by atoms with Gasteiger partial charge in [0.15, 0.2) is 0 Å². The summed E-state index contributed by atoms with van der Waals surface area (Å²) < 4.78 is 0. The summed E-state index contributed by atoms with van der Waals surface area (Å²) in [6, 6.07) is 17.3. The normalized spacial score (nSPS) is 16.8. The molecular weight excluding hydrogens is 376 g/mol. The third kappa shape index (κ3) is 2.92. The number of aromatic nitrogens is 2. The summed E-state index contributed by atoms with van der Waals surface area (Å²) in [5.41, 5.74) is 9.25. The molecular formula is C24H22N4O2. The van der Waals surface area contributed by atoms with Crippen molar-refractivity contribution in [2.24, 2.45) is 5.73 Å². The molecule has 1 aliphatic rings. The van der Waals surface area contributed by atoms with Crippen molar-refractivity contribution in [1.29, 1.82) is 0 Å². The van der Waals surface area contributed by atoms with E-state index in [0.717, 1.165) is 45.6 Å². The van der Waals surface area contributed by atoms with E-state index in [1.165, 1.54) is 0 Å². The minimum atomic E-state index is -0.538. The van der Waals surface area contributed by atoms with E-state index < -0.39 is 11.9 Å². The number of nitrogens with zero attached hydrogens (tertiary/aromatic N) is 2. The van der Waals surface area contributed by atoms with E-state index >= 15 is 0 Å². The van der Waals surface area contributed by atoms with Gasteiger partial charge in [-0.05, 0) is 53.3 Å². The number of benzene rings is 3. The van der Waals surface area contributed by atoms with Crippen molar-refractivity contribution in [3.8, 4) is 11.1 Å². The van der Waals surface area contributed by atoms with Crippen LogP contribution in [0, 0.1) is 0 Å². The van der Waals surface area contributed by atoms with E-state index in [0.29, 0.717) is 18.5 Å². The molecule has 0 aliphatic carbocycles. The molecule has 150 valence electrons. The van der Waals surface area contributed by atoms with Gasteiger partial charge in [0.2, 0.25) is 5.91 Å². The predicted molar refractivity (Wildman–Crippen MR) is 117 cm³/mol. The van der Waals surface area contributed by atoms with Crippen LogP contribution in [0.2, 0.25) is 0 Å². The minimum Gasteiger partial charge on any atom is -0.368 e. The van der Waals surface area contributed by atoms with Gasteiger partial charge >= 0.3 is 0 Å². The number of carbonyl (C=O) groups excluding carboxylic acids is 2. The Balaban J connectivity index is 1.66. The first-order valence-corrected chi connectivity index (χ1v) is 10.2. The first kappa shape index (κ1) is 18.4. The highest BCUT2D eigenvalue weighted by atomic mass is 16.2. The van der Waals surface area contributed by atoms with Crippen molar-refractivity contribution in [2.45, 2.75) is 25.3 Å². The van der Waals surface area contributed by atoms with Gasteiger partial charge in [0, 0.05) is 17.5 Å². The second kappa shape index (κ2) is 7.30. The molecule has 6 nitrogen and oxygen atoms in total. The number of hydrogen-bond donors (Lipinski definition) is 2. The molecule has 1 fully saturated rings. The SMILES string of the molecule is NC(=O)C1CCCCN1C(=O)c1ccc(-c2cccc3[nH]ncc23)c2ccccc12. The first-order chi connectivity index (χ1) is 14.6. The van der Waals surface area contributed by atoms with Crippen molar-refractivity contribution in [3.63, 3.8) is 0 Å². The van der Waals surface area contributed by atoms with Gasteiger partial charge in [0.05, 0.1) is 11.7 Å². The Labute approximate surface area is 173 Å². The molecule has 0 spiro atoms. The number of carbonyl (C=O) groups is 2. The van der Waals surface area contributed by atoms with Gasteiger partial charge in [-0.15, -0.1) is 0 Å². The molecule has 0 saturated carbocycles. The van der Waals surface area contributed by atoms with E-state index in [2.05, 4.69) is 16.3 Å². The molecule has 0 bridgehead atoms. The zero-order chi connectivity index (χ0) is 20.7. The molecule has 2 heterocycles. The summed E-state index contributed by atoms with van der Waals surface area (Å²) >= 11 is 0. The van der Waals surface area contributed by atoms with Crippen LogP contribution in [0.1, 0.15) is 29.6 Å². The van der Waals surface area contributed by atoms with Crippen LogP contribution in [0.5, 0.6) is 0 Å². The number of nitrogens with two attached hydrogens (primary N) is 1. The third-order valence-corrected chi connectivity index (χ3v) is 6.02. The van der Waals surface area contributed by atoms with Gasteiger partial charge in [0.1, 0.15) is 6.04 Å². The summed E-state index contributed by atoms with van der Waals surface area (Å²) in [4.78, 5) is 27.0. The van der Waals surface area contributed by atoms with Gasteiger partial charge in [0.25, 0.3) is 5.91 Å². The minimum absolute atomic E-state index is 0.136. The monoisotopic (exact) mass is 398 g/mol. The second-order valence-corrected chi connectivity index (χ2v) is 7.76. The quantitative estimate of drug-likeness (QED) is 0.549. The molecule has 1 aromatic heterocycles. The molecule has 4 aromatic rings. The molecule has 1 unspecified atom stereocenters. The molecule has 1 aliphatic heterocycles. The van der Waals surface area contributed by atoms with Gasteiger partial charge in [-0.2, -0.15) is 5.10 Å². The van der Waals surface area contributed by atoms with Crippen LogP contribution in [-0.4, -0.2) is 39.5 Å². The smallest absolute Gasteiger partial charge is 0.255 e. The zero-order valence-electron chi connectivity index (χ0n) is 16.5. The lowest BCUT2D eigenvalue weighted by atomic mass is 9.92. The summed E-state index contributed by atoms with van der Waals surface area (Å²) in [5, 5.41) is 10.1. The Morgan fingerprint density at radius 3 is 2.57 bits per heavy atom. The maximum Gasteiger partial charge on any atom is 0.255 e. The molecule has 1 atom stereocenters. The third-order valence-electron chi connectivity index (χ3n) is 6.02. The van der Waals surface area contributed by atoms with Gasteiger partial charge in [-0.1, -0.05) is 42.5 Å². The Bertz CT molecular complexity index is 1280. The number of fused-ring (bicyclic) bond motifs is 2. The largest absolute Gasteiger partial charge is 0.368 e. The van der Waals surface area contributed by atoms with Crippen LogP contribution in [-0.2, 0) is 4.79 Å². The molecule has 2 amide bonds. The molecule has 1 saturated heterocycles. The van der Waals surface area contributed by atoms with E-state index in [1.54, 1.807) is 4.90 Å². The van der Waals surface area contributed by atoms with Crippen molar-refractivity contribution >= 4 is 33.5 Å². The number of aromatic amines is 1. The summed E-state index contributed by atoms with van der Waals surface area (Å²) in [6.07, 6.45) is 4.24. The van der Waals surface area contributed by atoms with E-state index in [4.69, 9.17) is 5.73 Å². The number of primary amides is 1. The summed E-state index contributed by atoms with van der Waals surface area (Å²) in [6.45, 7) is 0.552. The molecule has 30 heavy (non-hydrogen) atoms. The second-order valence-electron chi connectivity index (χ2n) is 7.76. The van der Waals surface area contributed by atoms with Crippen molar-refractivity contribution < 1.29 is 9.59 Å². The number of nitrogens with one attached hydrogen (secondary N) is 1. The van der Waals surface area contributed by atoms with E-state index in [-0.39, 0.29) is 5.91 Å². The Hall–Kier alpha value is -3.67. The predicted octanol–water partition coefficient (Wildman–Crippen LogP) is 3.86. The van der Waals surface area contributed by atoms with Crippen LogP contribution < -0.4 is 5.73 Å². The number of H-pyrrole nitrogens is 1. The highest BCUT2D eigenvalue weighted by Crippen LogP contribution is 2.35. The maximum atomic E-state index is 13.5. The number of likely N-dealkylation sites (tertiary alicyclic amines) is 1. The van der Waals surface area contributed by atoms with Gasteiger partial charge < -0.3 is 10.6 Å². The lowest BCUT2D eigenvalue weighted by Gasteiger charge is -2.34. The van der Waals surface area contributed by atoms with Gasteiger partial charge in [-0.3, -0.25) is 14.7 Å². The highest BCUT2D eigenvalue weighted by molar-refractivity contribution is 6.13. The van der Waals surface area contributed by atoms with Crippen LogP contribution in [0.25, 0.3) is 32.8 Å². The fraction of sp³-hybridized carbons (Fsp3) is 0.208. The summed E-state index contributed by atoms with van der Waals surface area (Å²) in [7, 11) is 0. The number of hydrogen-bond acceptors (Lipinski definition) is 3. The fourth-order valence-corrected chi connectivity index (χ4v) is 4.55. The standard InChI is InChI=1S/C24H22N4O2/c25-23(29)22-10-3-4-13-28(22)24(30)19-12-11-18(15-6-1-2-7-16(15)19)17-8-5-9-21-20(17)14-26-27-21/h1-2,5-9,11-12,14,22H,3-4,10,13H2,(H2,25,29)(H,26,27). The maximum absolute atomic E-state index is 13.5. The summed E-state index contributed by atoms with van der Waals surface area (Å²) in [5.74, 6) is -0.571. The highest BCUT2D eigenvalue weighted by Gasteiger charge is 2.32. The Kier molecular flexibility index (Phi) is 4.47. The first-order valence-electron chi connectivity index (χ1n) is 10.2. The number of rotatable bonds is 3. The Morgan fingerprint density at radius 2 is 1.73 bits per heavy atom. The number of piperidine rings is 1. The molecule has 3 N–H and O–H groups in total. The van der Waals surface area contributed by atoms with E-state index in [1.807, 2.05) is 54.7 Å². The lowest BCUT2D eigenvalue weighted by Crippen LogP contribution is -2.50. The van der Waals surface area contributed by atoms with Crippen molar-refractivity contribution in [2.75, 3.05) is 6.54 Å². The molecule has 3 aromatic carbocycles. The molecule has 0 radical (unpaired) electrons. The zero-order valence-corrected chi connectivity index (χ0v) is 16.5. The lowest BCUT2D eigenvalue weighted by molar-refractivity contribution is -0.123. The number of amides is 2. The van der Waals surface area contributed by atoms with E-state index in [9.17, 15) is 9.59 Å². The average molecular weight is 398 g/mol. The average Bonchev–Trinajstić information content (AvgIpc) is 3.27. The van der Waals surface area contributed by atoms with Crippen LogP contribution in [0.4, 0.5) is 0 Å². The Morgan fingerprint density at radius 1 is 0.933 bits per heavy atom. The molecule has 6 heteroatoms. The van der Waals surface area contributed by atoms with Crippen molar-refractivity contribution in [3.05, 3.63) is 66.4 Å².